The highest BCUT2D eigenvalue weighted by Crippen LogP contribution is 2.32. The van der Waals surface area contributed by atoms with Gasteiger partial charge in [0.2, 0.25) is 0 Å². The molecule has 2 aromatic heterocycles. The maximum atomic E-state index is 12.8. The van der Waals surface area contributed by atoms with Crippen LogP contribution >= 0.6 is 11.6 Å². The molecule has 0 spiro atoms. The zero-order valence-electron chi connectivity index (χ0n) is 16.2. The minimum absolute atomic E-state index is 0.239. The van der Waals surface area contributed by atoms with Crippen LogP contribution in [0, 0.1) is 0 Å². The predicted octanol–water partition coefficient (Wildman–Crippen LogP) is 2.87. The molecule has 1 aromatic carbocycles. The van der Waals surface area contributed by atoms with Crippen LogP contribution in [0.4, 0.5) is 5.69 Å². The summed E-state index contributed by atoms with van der Waals surface area (Å²) in [6.07, 6.45) is 5.98. The van der Waals surface area contributed by atoms with Gasteiger partial charge in [0, 0.05) is 32.0 Å². The lowest BCUT2D eigenvalue weighted by Gasteiger charge is -2.34. The summed E-state index contributed by atoms with van der Waals surface area (Å²) in [6, 6.07) is 9.80. The molecule has 0 amide bonds. The van der Waals surface area contributed by atoms with Crippen molar-refractivity contribution in [2.45, 2.75) is 44.7 Å². The summed E-state index contributed by atoms with van der Waals surface area (Å²) in [5, 5.41) is 13.5. The molecule has 4 heterocycles. The minimum Gasteiger partial charge on any atom is -0.368 e. The molecule has 150 valence electrons. The van der Waals surface area contributed by atoms with Gasteiger partial charge in [0.05, 0.1) is 18.4 Å². The fraction of sp³-hybridized carbons (Fsp3) is 0.429. The van der Waals surface area contributed by atoms with Gasteiger partial charge >= 0.3 is 0 Å². The first-order chi connectivity index (χ1) is 14.2. The molecule has 0 N–H and O–H groups in total. The van der Waals surface area contributed by atoms with Crippen LogP contribution in [0.15, 0.2) is 41.3 Å². The molecule has 0 radical (unpaired) electrons. The van der Waals surface area contributed by atoms with Crippen LogP contribution in [0.5, 0.6) is 0 Å². The monoisotopic (exact) mass is 410 g/mol. The Balaban J connectivity index is 1.39. The Labute approximate surface area is 173 Å². The average Bonchev–Trinajstić information content (AvgIpc) is 3.36. The van der Waals surface area contributed by atoms with Crippen LogP contribution < -0.4 is 10.5 Å². The Hall–Kier alpha value is -2.67. The third-order valence-corrected chi connectivity index (χ3v) is 6.26. The van der Waals surface area contributed by atoms with Gasteiger partial charge in [-0.1, -0.05) is 41.9 Å². The van der Waals surface area contributed by atoms with Crippen molar-refractivity contribution in [1.82, 2.24) is 24.5 Å². The molecule has 3 aromatic rings. The van der Waals surface area contributed by atoms with Crippen LogP contribution in [0.2, 0.25) is 5.02 Å². The third-order valence-electron chi connectivity index (χ3n) is 5.91. The van der Waals surface area contributed by atoms with Crippen LogP contribution in [0.3, 0.4) is 0 Å². The zero-order valence-corrected chi connectivity index (χ0v) is 16.9. The smallest absolute Gasteiger partial charge is 0.287 e. The van der Waals surface area contributed by atoms with Gasteiger partial charge in [-0.05, 0) is 24.8 Å². The summed E-state index contributed by atoms with van der Waals surface area (Å²) in [7, 11) is 0. The molecule has 0 bridgehead atoms. The van der Waals surface area contributed by atoms with E-state index in [1.165, 1.54) is 4.68 Å². The molecular weight excluding hydrogens is 388 g/mol. The number of fused-ring (bicyclic) bond motifs is 1. The van der Waals surface area contributed by atoms with Crippen LogP contribution in [-0.2, 0) is 19.5 Å². The molecule has 2 aliphatic rings. The van der Waals surface area contributed by atoms with Gasteiger partial charge in [0.1, 0.15) is 16.7 Å². The molecule has 1 unspecified atom stereocenters. The highest BCUT2D eigenvalue weighted by molar-refractivity contribution is 6.33. The molecule has 1 fully saturated rings. The molecule has 8 heteroatoms. The molecule has 1 saturated heterocycles. The first-order valence-corrected chi connectivity index (χ1v) is 10.5. The van der Waals surface area contributed by atoms with Crippen LogP contribution in [0.25, 0.3) is 0 Å². The van der Waals surface area contributed by atoms with Crippen molar-refractivity contribution in [3.8, 4) is 0 Å². The number of hydrogen-bond acceptors (Lipinski definition) is 5. The fourth-order valence-corrected chi connectivity index (χ4v) is 4.69. The second-order valence-electron chi connectivity index (χ2n) is 7.81. The second-order valence-corrected chi connectivity index (χ2v) is 8.18. The predicted molar refractivity (Wildman–Crippen MR) is 112 cm³/mol. The van der Waals surface area contributed by atoms with Crippen LogP contribution in [0.1, 0.15) is 42.4 Å². The lowest BCUT2D eigenvalue weighted by Crippen LogP contribution is -2.37. The van der Waals surface area contributed by atoms with Crippen molar-refractivity contribution in [1.29, 1.82) is 0 Å². The molecular formula is C21H23ClN6O. The standard InChI is InChI=1S/C21H23ClN6O/c22-19-17(12-23-28(21(19)29)13-15-6-2-1-3-7-15)26-10-4-8-16(14-26)20-25-24-18-9-5-11-27(18)20/h1-3,6-7,12,16H,4-5,8-11,13-14H2. The van der Waals surface area contributed by atoms with E-state index >= 15 is 0 Å². The second kappa shape index (κ2) is 7.63. The lowest BCUT2D eigenvalue weighted by molar-refractivity contribution is 0.472. The Morgan fingerprint density at radius 2 is 1.97 bits per heavy atom. The molecule has 0 aliphatic carbocycles. The largest absolute Gasteiger partial charge is 0.368 e. The van der Waals surface area contributed by atoms with E-state index in [9.17, 15) is 4.79 Å². The molecule has 5 rings (SSSR count). The zero-order chi connectivity index (χ0) is 19.8. The minimum atomic E-state index is -0.251. The summed E-state index contributed by atoms with van der Waals surface area (Å²) >= 11 is 6.52. The van der Waals surface area contributed by atoms with Crippen molar-refractivity contribution in [2.75, 3.05) is 18.0 Å². The van der Waals surface area contributed by atoms with E-state index in [0.717, 1.165) is 62.5 Å². The number of benzene rings is 1. The van der Waals surface area contributed by atoms with Gasteiger partial charge in [-0.15, -0.1) is 10.2 Å². The summed E-state index contributed by atoms with van der Waals surface area (Å²) in [5.74, 6) is 2.47. The molecule has 29 heavy (non-hydrogen) atoms. The SMILES string of the molecule is O=c1c(Cl)c(N2CCCC(c3nnc4n3CCC4)C2)cnn1Cc1ccccc1. The Kier molecular flexibility index (Phi) is 4.83. The van der Waals surface area contributed by atoms with E-state index in [4.69, 9.17) is 11.6 Å². The number of rotatable bonds is 4. The summed E-state index contributed by atoms with van der Waals surface area (Å²) in [4.78, 5) is 15.0. The molecule has 1 atom stereocenters. The summed E-state index contributed by atoms with van der Waals surface area (Å²) < 4.78 is 3.69. The van der Waals surface area contributed by atoms with E-state index in [2.05, 4.69) is 24.8 Å². The van der Waals surface area contributed by atoms with Crippen molar-refractivity contribution in [3.63, 3.8) is 0 Å². The highest BCUT2D eigenvalue weighted by atomic mass is 35.5. The number of hydrogen-bond donors (Lipinski definition) is 0. The van der Waals surface area contributed by atoms with Crippen molar-refractivity contribution < 1.29 is 0 Å². The molecule has 7 nitrogen and oxygen atoms in total. The van der Waals surface area contributed by atoms with E-state index < -0.39 is 0 Å². The fourth-order valence-electron chi connectivity index (χ4n) is 4.43. The van der Waals surface area contributed by atoms with Gasteiger partial charge in [-0.2, -0.15) is 5.10 Å². The summed E-state index contributed by atoms with van der Waals surface area (Å²) in [5.41, 5.74) is 1.48. The topological polar surface area (TPSA) is 68.8 Å². The Morgan fingerprint density at radius 1 is 1.10 bits per heavy atom. The van der Waals surface area contributed by atoms with Crippen molar-refractivity contribution in [2.24, 2.45) is 0 Å². The number of aryl methyl sites for hydroxylation is 1. The normalized spacial score (nSPS) is 18.8. The van der Waals surface area contributed by atoms with E-state index in [-0.39, 0.29) is 10.6 Å². The number of nitrogens with zero attached hydrogens (tertiary/aromatic N) is 6. The highest BCUT2D eigenvalue weighted by Gasteiger charge is 2.29. The van der Waals surface area contributed by atoms with Gasteiger partial charge in [-0.25, -0.2) is 4.68 Å². The maximum absolute atomic E-state index is 12.8. The van der Waals surface area contributed by atoms with Gasteiger partial charge < -0.3 is 9.47 Å². The Bertz CT molecular complexity index is 1080. The summed E-state index contributed by atoms with van der Waals surface area (Å²) in [6.45, 7) is 3.06. The van der Waals surface area contributed by atoms with Crippen molar-refractivity contribution in [3.05, 3.63) is 69.1 Å². The maximum Gasteiger partial charge on any atom is 0.287 e. The van der Waals surface area contributed by atoms with Gasteiger partial charge in [0.25, 0.3) is 5.56 Å². The first-order valence-electron chi connectivity index (χ1n) is 10.2. The van der Waals surface area contributed by atoms with E-state index in [1.54, 1.807) is 6.20 Å². The van der Waals surface area contributed by atoms with E-state index in [0.29, 0.717) is 18.2 Å². The van der Waals surface area contributed by atoms with Crippen molar-refractivity contribution >= 4 is 17.3 Å². The van der Waals surface area contributed by atoms with E-state index in [1.807, 2.05) is 30.3 Å². The third kappa shape index (κ3) is 3.44. The molecule has 0 saturated carbocycles. The molecule has 2 aliphatic heterocycles. The number of anilines is 1. The first kappa shape index (κ1) is 18.4. The number of piperidine rings is 1. The van der Waals surface area contributed by atoms with Gasteiger partial charge in [0.15, 0.2) is 0 Å². The quantitative estimate of drug-likeness (QED) is 0.661. The van der Waals surface area contributed by atoms with Gasteiger partial charge in [-0.3, -0.25) is 4.79 Å². The Morgan fingerprint density at radius 3 is 2.83 bits per heavy atom. The lowest BCUT2D eigenvalue weighted by atomic mass is 9.97. The number of aromatic nitrogens is 5. The number of halogens is 1. The average molecular weight is 411 g/mol. The van der Waals surface area contributed by atoms with Crippen LogP contribution in [-0.4, -0.2) is 37.6 Å².